The molecule has 0 bridgehead atoms. The van der Waals surface area contributed by atoms with Gasteiger partial charge in [-0.2, -0.15) is 0 Å². The minimum atomic E-state index is -2.59. The van der Waals surface area contributed by atoms with E-state index in [9.17, 15) is 4.79 Å². The van der Waals surface area contributed by atoms with Crippen molar-refractivity contribution in [2.75, 3.05) is 7.11 Å². The number of thiol groups is 1. The molecular formula is C22H21NO2PS+. The lowest BCUT2D eigenvalue weighted by atomic mass is 10.3. The Morgan fingerprint density at radius 2 is 1.11 bits per heavy atom. The minimum absolute atomic E-state index is 0.173. The normalized spacial score (nSPS) is 12.2. The van der Waals surface area contributed by atoms with Crippen molar-refractivity contribution < 1.29 is 9.53 Å². The van der Waals surface area contributed by atoms with Crippen LogP contribution in [-0.2, 0) is 9.53 Å². The summed E-state index contributed by atoms with van der Waals surface area (Å²) in [5.74, 6) is -0.465. The summed E-state index contributed by atoms with van der Waals surface area (Å²) >= 11 is 4.41. The molecule has 0 aromatic heterocycles. The first kappa shape index (κ1) is 19.2. The maximum absolute atomic E-state index is 12.9. The smallest absolute Gasteiger partial charge is 0.377 e. The quantitative estimate of drug-likeness (QED) is 0.302. The van der Waals surface area contributed by atoms with E-state index in [1.165, 1.54) is 7.11 Å². The third-order valence-corrected chi connectivity index (χ3v) is 9.10. The van der Waals surface area contributed by atoms with Crippen LogP contribution in [0.2, 0.25) is 0 Å². The van der Waals surface area contributed by atoms with Crippen molar-refractivity contribution in [3.8, 4) is 0 Å². The molecule has 0 heterocycles. The summed E-state index contributed by atoms with van der Waals surface area (Å²) in [7, 11) is -1.22. The zero-order valence-corrected chi connectivity index (χ0v) is 16.7. The fourth-order valence-corrected chi connectivity index (χ4v) is 8.08. The molecule has 136 valence electrons. The van der Waals surface area contributed by atoms with Crippen LogP contribution in [0.25, 0.3) is 0 Å². The Bertz CT molecular complexity index is 843. The molecule has 0 saturated heterocycles. The molecule has 0 atom stereocenters. The summed E-state index contributed by atoms with van der Waals surface area (Å²) in [6.45, 7) is 0. The van der Waals surface area contributed by atoms with Gasteiger partial charge in [-0.3, -0.25) is 0 Å². The van der Waals surface area contributed by atoms with E-state index in [1.807, 2.05) is 91.0 Å². The number of benzene rings is 3. The molecule has 2 N–H and O–H groups in total. The first-order chi connectivity index (χ1) is 13.1. The van der Waals surface area contributed by atoms with Crippen LogP contribution in [0.15, 0.2) is 101 Å². The van der Waals surface area contributed by atoms with Crippen molar-refractivity contribution in [1.82, 2.24) is 0 Å². The molecule has 0 unspecified atom stereocenters. The standard InChI is InChI=1S/C22H20NO2PS/c1-25-22(24)20(21(23)27)26(17-11-5-2-6-12-17,18-13-7-3-8-14-18)19-15-9-4-10-16-19/h2-16H,1H3,(H2-,23,24,27)/p+1. The molecule has 3 aromatic rings. The van der Waals surface area contributed by atoms with Crippen LogP contribution in [-0.4, -0.2) is 13.1 Å². The number of esters is 1. The van der Waals surface area contributed by atoms with Crippen LogP contribution in [0.5, 0.6) is 0 Å². The van der Waals surface area contributed by atoms with Crippen LogP contribution in [0.1, 0.15) is 0 Å². The topological polar surface area (TPSA) is 52.3 Å². The largest absolute Gasteiger partial charge is 0.463 e. The summed E-state index contributed by atoms with van der Waals surface area (Å²) in [5.41, 5.74) is 6.18. The second-order valence-corrected chi connectivity index (χ2v) is 9.72. The summed E-state index contributed by atoms with van der Waals surface area (Å²) < 4.78 is 5.15. The van der Waals surface area contributed by atoms with Crippen molar-refractivity contribution in [3.63, 3.8) is 0 Å². The summed E-state index contributed by atoms with van der Waals surface area (Å²) in [6.07, 6.45) is 0. The highest BCUT2D eigenvalue weighted by atomic mass is 32.1. The highest BCUT2D eigenvalue weighted by molar-refractivity contribution is 8.00. The SMILES string of the molecule is COC(=O)/C(=C(\N)S)[P+](c1ccccc1)(c1ccccc1)c1ccccc1. The number of ether oxygens (including phenoxy) is 1. The van der Waals surface area contributed by atoms with Gasteiger partial charge in [0.25, 0.3) is 0 Å². The van der Waals surface area contributed by atoms with Crippen molar-refractivity contribution in [2.45, 2.75) is 0 Å². The maximum atomic E-state index is 12.9. The molecule has 0 aliphatic carbocycles. The molecular weight excluding hydrogens is 373 g/mol. The van der Waals surface area contributed by atoms with E-state index in [1.54, 1.807) is 0 Å². The van der Waals surface area contributed by atoms with Crippen molar-refractivity contribution >= 4 is 41.8 Å². The lowest BCUT2D eigenvalue weighted by Crippen LogP contribution is -2.35. The van der Waals surface area contributed by atoms with Gasteiger partial charge in [0.1, 0.15) is 20.9 Å². The van der Waals surface area contributed by atoms with Crippen molar-refractivity contribution in [1.29, 1.82) is 0 Å². The van der Waals surface area contributed by atoms with Gasteiger partial charge in [-0.05, 0) is 36.4 Å². The van der Waals surface area contributed by atoms with Gasteiger partial charge in [0, 0.05) is 0 Å². The van der Waals surface area contributed by atoms with Gasteiger partial charge >= 0.3 is 5.97 Å². The van der Waals surface area contributed by atoms with E-state index < -0.39 is 13.2 Å². The van der Waals surface area contributed by atoms with Gasteiger partial charge < -0.3 is 10.5 Å². The molecule has 3 rings (SSSR count). The van der Waals surface area contributed by atoms with Crippen molar-refractivity contribution in [3.05, 3.63) is 101 Å². The number of nitrogens with two attached hydrogens (primary N) is 1. The van der Waals surface area contributed by atoms with E-state index in [2.05, 4.69) is 12.6 Å². The lowest BCUT2D eigenvalue weighted by Gasteiger charge is -2.28. The number of hydrogen-bond donors (Lipinski definition) is 2. The van der Waals surface area contributed by atoms with Gasteiger partial charge in [0.15, 0.2) is 7.26 Å². The molecule has 0 radical (unpaired) electrons. The Morgan fingerprint density at radius 1 is 0.778 bits per heavy atom. The summed E-state index contributed by atoms with van der Waals surface area (Å²) in [5, 5.41) is 3.61. The molecule has 5 heteroatoms. The summed E-state index contributed by atoms with van der Waals surface area (Å²) in [6, 6.07) is 29.9. The number of methoxy groups -OCH3 is 1. The molecule has 3 nitrogen and oxygen atoms in total. The molecule has 0 amide bonds. The fraction of sp³-hybridized carbons (Fsp3) is 0.0455. The van der Waals surface area contributed by atoms with Gasteiger partial charge in [0.2, 0.25) is 5.31 Å². The average molecular weight is 394 g/mol. The zero-order chi connectivity index (χ0) is 19.3. The van der Waals surface area contributed by atoms with Crippen LogP contribution in [0.4, 0.5) is 0 Å². The van der Waals surface area contributed by atoms with E-state index in [0.717, 1.165) is 15.9 Å². The highest BCUT2D eigenvalue weighted by Crippen LogP contribution is 2.63. The summed E-state index contributed by atoms with van der Waals surface area (Å²) in [4.78, 5) is 12.9. The Morgan fingerprint density at radius 3 is 1.37 bits per heavy atom. The minimum Gasteiger partial charge on any atom is -0.463 e. The van der Waals surface area contributed by atoms with Crippen LogP contribution in [0, 0.1) is 0 Å². The third-order valence-electron chi connectivity index (χ3n) is 4.39. The molecule has 3 aromatic carbocycles. The number of hydrogen-bond acceptors (Lipinski definition) is 4. The molecule has 0 spiro atoms. The van der Waals surface area contributed by atoms with E-state index in [0.29, 0.717) is 5.31 Å². The first-order valence-corrected chi connectivity index (χ1v) is 10.7. The maximum Gasteiger partial charge on any atom is 0.377 e. The Kier molecular flexibility index (Phi) is 6.00. The monoisotopic (exact) mass is 394 g/mol. The van der Waals surface area contributed by atoms with Gasteiger partial charge in [0.05, 0.1) is 7.11 Å². The first-order valence-electron chi connectivity index (χ1n) is 8.46. The third kappa shape index (κ3) is 3.51. The van der Waals surface area contributed by atoms with E-state index in [4.69, 9.17) is 10.5 Å². The Hall–Kier alpha value is -2.55. The predicted octanol–water partition coefficient (Wildman–Crippen LogP) is 3.21. The second-order valence-electron chi connectivity index (χ2n) is 5.90. The number of rotatable bonds is 5. The van der Waals surface area contributed by atoms with Crippen LogP contribution < -0.4 is 21.6 Å². The number of carbonyl (C=O) groups excluding carboxylic acids is 1. The van der Waals surface area contributed by atoms with Crippen LogP contribution >= 0.6 is 19.9 Å². The average Bonchev–Trinajstić information content (AvgIpc) is 2.73. The van der Waals surface area contributed by atoms with Gasteiger partial charge in [-0.25, -0.2) is 4.79 Å². The van der Waals surface area contributed by atoms with Gasteiger partial charge in [-0.1, -0.05) is 54.6 Å². The molecule has 0 saturated carbocycles. The molecule has 0 fully saturated rings. The molecule has 0 aliphatic heterocycles. The fourth-order valence-electron chi connectivity index (χ4n) is 3.30. The van der Waals surface area contributed by atoms with Gasteiger partial charge in [-0.15, -0.1) is 12.6 Å². The molecule has 0 aliphatic rings. The lowest BCUT2D eigenvalue weighted by molar-refractivity contribution is -0.135. The van der Waals surface area contributed by atoms with Crippen molar-refractivity contribution in [2.24, 2.45) is 5.73 Å². The Balaban J connectivity index is 2.51. The second kappa shape index (κ2) is 8.43. The molecule has 27 heavy (non-hydrogen) atoms. The Labute approximate surface area is 165 Å². The zero-order valence-electron chi connectivity index (χ0n) is 14.9. The van der Waals surface area contributed by atoms with E-state index >= 15 is 0 Å². The predicted molar refractivity (Wildman–Crippen MR) is 117 cm³/mol. The number of carbonyl (C=O) groups is 1. The highest BCUT2D eigenvalue weighted by Gasteiger charge is 2.54. The van der Waals surface area contributed by atoms with Crippen LogP contribution in [0.3, 0.4) is 0 Å². The van der Waals surface area contributed by atoms with E-state index in [-0.39, 0.29) is 5.03 Å².